The second-order valence-corrected chi connectivity index (χ2v) is 9.83. The average molecular weight is 485 g/mol. The SMILES string of the molecule is Cc1ccccc1-n1c(SCC(=O)N2c3ccccc3NC(=O)C2(C)C)nc2ccccc2c1=O. The number of carbonyl (C=O) groups is 2. The molecule has 2 heterocycles. The molecule has 35 heavy (non-hydrogen) atoms. The minimum absolute atomic E-state index is 0.00169. The average Bonchev–Trinajstić information content (AvgIpc) is 2.84. The summed E-state index contributed by atoms with van der Waals surface area (Å²) in [5.41, 5.74) is 2.18. The molecule has 0 saturated heterocycles. The number of hydrogen-bond acceptors (Lipinski definition) is 5. The Balaban J connectivity index is 1.56. The Morgan fingerprint density at radius 2 is 1.60 bits per heavy atom. The van der Waals surface area contributed by atoms with Crippen LogP contribution in [0.4, 0.5) is 11.4 Å². The number of carbonyl (C=O) groups excluding carboxylic acids is 2. The van der Waals surface area contributed by atoms with E-state index in [0.717, 1.165) is 5.56 Å². The summed E-state index contributed by atoms with van der Waals surface area (Å²) in [7, 11) is 0. The third-order valence-electron chi connectivity index (χ3n) is 6.18. The summed E-state index contributed by atoms with van der Waals surface area (Å²) in [5.74, 6) is -0.502. The summed E-state index contributed by atoms with van der Waals surface area (Å²) in [6.07, 6.45) is 0. The lowest BCUT2D eigenvalue weighted by Gasteiger charge is -2.42. The van der Waals surface area contributed by atoms with Crippen molar-refractivity contribution < 1.29 is 9.59 Å². The first-order chi connectivity index (χ1) is 16.8. The van der Waals surface area contributed by atoms with Crippen LogP contribution in [0.3, 0.4) is 0 Å². The fourth-order valence-corrected chi connectivity index (χ4v) is 5.18. The Labute approximate surface area is 206 Å². The van der Waals surface area contributed by atoms with Crippen LogP contribution in [0.1, 0.15) is 19.4 Å². The fourth-order valence-electron chi connectivity index (χ4n) is 4.33. The lowest BCUT2D eigenvalue weighted by atomic mass is 9.96. The Morgan fingerprint density at radius 1 is 0.943 bits per heavy atom. The predicted octanol–water partition coefficient (Wildman–Crippen LogP) is 4.55. The summed E-state index contributed by atoms with van der Waals surface area (Å²) < 4.78 is 1.57. The summed E-state index contributed by atoms with van der Waals surface area (Å²) in [6, 6.07) is 22.0. The highest BCUT2D eigenvalue weighted by molar-refractivity contribution is 7.99. The number of para-hydroxylation sites is 4. The first kappa shape index (κ1) is 22.9. The topological polar surface area (TPSA) is 84.3 Å². The van der Waals surface area contributed by atoms with E-state index >= 15 is 0 Å². The van der Waals surface area contributed by atoms with Gasteiger partial charge in [-0.1, -0.05) is 54.2 Å². The molecule has 7 nitrogen and oxygen atoms in total. The molecule has 0 bridgehead atoms. The van der Waals surface area contributed by atoms with Crippen LogP contribution in [0.2, 0.25) is 0 Å². The van der Waals surface area contributed by atoms with E-state index in [-0.39, 0.29) is 23.1 Å². The summed E-state index contributed by atoms with van der Waals surface area (Å²) in [5, 5.41) is 3.80. The van der Waals surface area contributed by atoms with Gasteiger partial charge in [-0.15, -0.1) is 0 Å². The first-order valence-electron chi connectivity index (χ1n) is 11.2. The third kappa shape index (κ3) is 3.89. The van der Waals surface area contributed by atoms with Crippen molar-refractivity contribution in [2.24, 2.45) is 0 Å². The van der Waals surface area contributed by atoms with E-state index in [2.05, 4.69) is 5.32 Å². The maximum atomic E-state index is 13.6. The molecule has 3 aromatic carbocycles. The van der Waals surface area contributed by atoms with Gasteiger partial charge in [0.15, 0.2) is 5.16 Å². The highest BCUT2D eigenvalue weighted by Gasteiger charge is 2.43. The number of thioether (sulfide) groups is 1. The highest BCUT2D eigenvalue weighted by atomic mass is 32.2. The Bertz CT molecular complexity index is 1540. The van der Waals surface area contributed by atoms with Crippen LogP contribution >= 0.6 is 11.8 Å². The zero-order valence-electron chi connectivity index (χ0n) is 19.6. The second kappa shape index (κ2) is 8.70. The molecule has 1 aliphatic heterocycles. The normalized spacial score (nSPS) is 14.5. The Kier molecular flexibility index (Phi) is 5.68. The smallest absolute Gasteiger partial charge is 0.266 e. The maximum absolute atomic E-state index is 13.6. The molecular formula is C27H24N4O3S. The van der Waals surface area contributed by atoms with Gasteiger partial charge < -0.3 is 5.32 Å². The molecule has 0 saturated carbocycles. The van der Waals surface area contributed by atoms with Crippen molar-refractivity contribution in [1.29, 1.82) is 0 Å². The fraction of sp³-hybridized carbons (Fsp3) is 0.185. The molecule has 0 radical (unpaired) electrons. The summed E-state index contributed by atoms with van der Waals surface area (Å²) >= 11 is 1.19. The molecule has 1 aliphatic rings. The van der Waals surface area contributed by atoms with Gasteiger partial charge in [0.05, 0.1) is 33.7 Å². The number of anilines is 2. The quantitative estimate of drug-likeness (QED) is 0.339. The number of hydrogen-bond donors (Lipinski definition) is 1. The van der Waals surface area contributed by atoms with E-state index in [1.165, 1.54) is 16.7 Å². The van der Waals surface area contributed by atoms with Gasteiger partial charge in [0.2, 0.25) is 11.8 Å². The molecule has 5 rings (SSSR count). The monoisotopic (exact) mass is 484 g/mol. The van der Waals surface area contributed by atoms with E-state index in [1.54, 1.807) is 36.6 Å². The molecule has 1 aromatic heterocycles. The van der Waals surface area contributed by atoms with Gasteiger partial charge in [0.25, 0.3) is 5.56 Å². The van der Waals surface area contributed by atoms with Crippen molar-refractivity contribution in [3.63, 3.8) is 0 Å². The standard InChI is InChI=1S/C27H24N4O3S/c1-17-10-4-8-14-21(17)30-24(33)18-11-5-6-12-19(18)29-26(30)35-16-23(32)31-22-15-9-7-13-20(22)28-25(34)27(31,2)3/h4-15H,16H2,1-3H3,(H,28,34). The van der Waals surface area contributed by atoms with Crippen LogP contribution in [0.15, 0.2) is 82.7 Å². The minimum atomic E-state index is -1.07. The van der Waals surface area contributed by atoms with E-state index in [0.29, 0.717) is 33.1 Å². The number of nitrogens with zero attached hydrogens (tertiary/aromatic N) is 3. The number of amides is 2. The van der Waals surface area contributed by atoms with Crippen LogP contribution in [-0.4, -0.2) is 32.7 Å². The number of nitrogens with one attached hydrogen (secondary N) is 1. The lowest BCUT2D eigenvalue weighted by molar-refractivity contribution is -0.125. The number of benzene rings is 3. The van der Waals surface area contributed by atoms with Crippen molar-refractivity contribution in [3.05, 3.63) is 88.7 Å². The number of aromatic nitrogens is 2. The van der Waals surface area contributed by atoms with Gasteiger partial charge in [-0.2, -0.15) is 0 Å². The van der Waals surface area contributed by atoms with Crippen LogP contribution < -0.4 is 15.8 Å². The zero-order valence-corrected chi connectivity index (χ0v) is 20.4. The second-order valence-electron chi connectivity index (χ2n) is 8.89. The molecule has 4 aromatic rings. The summed E-state index contributed by atoms with van der Waals surface area (Å²) in [4.78, 5) is 46.1. The van der Waals surface area contributed by atoms with E-state index < -0.39 is 5.54 Å². The molecule has 2 amide bonds. The van der Waals surface area contributed by atoms with Crippen LogP contribution in [0, 0.1) is 6.92 Å². The molecule has 0 atom stereocenters. The molecule has 0 aliphatic carbocycles. The van der Waals surface area contributed by atoms with Gasteiger partial charge in [-0.05, 0) is 56.7 Å². The molecule has 0 fully saturated rings. The zero-order chi connectivity index (χ0) is 24.7. The highest BCUT2D eigenvalue weighted by Crippen LogP contribution is 2.37. The minimum Gasteiger partial charge on any atom is -0.322 e. The van der Waals surface area contributed by atoms with Crippen LogP contribution in [0.5, 0.6) is 0 Å². The Hall–Kier alpha value is -3.91. The first-order valence-corrected chi connectivity index (χ1v) is 12.2. The number of aryl methyl sites for hydroxylation is 1. The number of rotatable bonds is 4. The molecule has 0 unspecified atom stereocenters. The van der Waals surface area contributed by atoms with Crippen molar-refractivity contribution in [2.45, 2.75) is 31.5 Å². The number of fused-ring (bicyclic) bond motifs is 2. The summed E-state index contributed by atoms with van der Waals surface area (Å²) in [6.45, 7) is 5.37. The van der Waals surface area contributed by atoms with E-state index in [4.69, 9.17) is 4.98 Å². The third-order valence-corrected chi connectivity index (χ3v) is 7.11. The van der Waals surface area contributed by atoms with Gasteiger partial charge in [-0.25, -0.2) is 4.98 Å². The van der Waals surface area contributed by atoms with Crippen LogP contribution in [0.25, 0.3) is 16.6 Å². The van der Waals surface area contributed by atoms with Gasteiger partial charge in [0, 0.05) is 0 Å². The van der Waals surface area contributed by atoms with Crippen molar-refractivity contribution in [2.75, 3.05) is 16.0 Å². The largest absolute Gasteiger partial charge is 0.322 e. The van der Waals surface area contributed by atoms with Crippen molar-refractivity contribution in [1.82, 2.24) is 9.55 Å². The van der Waals surface area contributed by atoms with E-state index in [9.17, 15) is 14.4 Å². The Morgan fingerprint density at radius 3 is 2.37 bits per heavy atom. The molecule has 176 valence electrons. The molecular weight excluding hydrogens is 460 g/mol. The van der Waals surface area contributed by atoms with Crippen molar-refractivity contribution in [3.8, 4) is 5.69 Å². The van der Waals surface area contributed by atoms with Gasteiger partial charge >= 0.3 is 0 Å². The molecule has 8 heteroatoms. The van der Waals surface area contributed by atoms with Gasteiger partial charge in [-0.3, -0.25) is 23.9 Å². The molecule has 0 spiro atoms. The van der Waals surface area contributed by atoms with Crippen LogP contribution in [-0.2, 0) is 9.59 Å². The lowest BCUT2D eigenvalue weighted by Crippen LogP contribution is -2.59. The van der Waals surface area contributed by atoms with Crippen molar-refractivity contribution >= 4 is 45.9 Å². The maximum Gasteiger partial charge on any atom is 0.266 e. The van der Waals surface area contributed by atoms with Gasteiger partial charge in [0.1, 0.15) is 5.54 Å². The molecule has 1 N–H and O–H groups in total. The van der Waals surface area contributed by atoms with E-state index in [1.807, 2.05) is 61.5 Å². The predicted molar refractivity (Wildman–Crippen MR) is 139 cm³/mol.